The predicted octanol–water partition coefficient (Wildman–Crippen LogP) is 3.58. The lowest BCUT2D eigenvalue weighted by molar-refractivity contribution is -0.117. The number of anilines is 1. The van der Waals surface area contributed by atoms with Crippen LogP contribution in [0.1, 0.15) is 36.2 Å². The minimum atomic E-state index is -0.313. The fourth-order valence-electron chi connectivity index (χ4n) is 3.21. The molecule has 7 heteroatoms. The predicted molar refractivity (Wildman–Crippen MR) is 110 cm³/mol. The Morgan fingerprint density at radius 3 is 2.48 bits per heavy atom. The van der Waals surface area contributed by atoms with E-state index in [2.05, 4.69) is 17.5 Å². The van der Waals surface area contributed by atoms with Gasteiger partial charge in [0, 0.05) is 18.8 Å². The van der Waals surface area contributed by atoms with Crippen LogP contribution < -0.4 is 5.32 Å². The standard InChI is InChI=1S/C22H26FN5O/c1-5-27(12-15(2)10-24)14-21(29)26-22-20(11-25)16(3)17(4)28(22)13-18-6-8-19(23)9-7-18/h6-9,15H,5,12-14H2,1-4H3,(H,26,29). The summed E-state index contributed by atoms with van der Waals surface area (Å²) in [6.45, 7) is 9.16. The molecule has 0 aliphatic rings. The van der Waals surface area contributed by atoms with Crippen molar-refractivity contribution in [1.29, 1.82) is 10.5 Å². The van der Waals surface area contributed by atoms with Crippen LogP contribution in [0, 0.1) is 48.2 Å². The highest BCUT2D eigenvalue weighted by atomic mass is 19.1. The Kier molecular flexibility index (Phi) is 7.52. The van der Waals surface area contributed by atoms with E-state index >= 15 is 0 Å². The molecule has 0 aliphatic heterocycles. The van der Waals surface area contributed by atoms with Gasteiger partial charge in [-0.05, 0) is 50.6 Å². The third-order valence-corrected chi connectivity index (χ3v) is 5.02. The summed E-state index contributed by atoms with van der Waals surface area (Å²) in [5, 5.41) is 21.5. The van der Waals surface area contributed by atoms with E-state index in [1.54, 1.807) is 12.1 Å². The van der Waals surface area contributed by atoms with Gasteiger partial charge in [-0.15, -0.1) is 0 Å². The maximum Gasteiger partial charge on any atom is 0.239 e. The molecule has 1 unspecified atom stereocenters. The molecule has 1 N–H and O–H groups in total. The van der Waals surface area contributed by atoms with Gasteiger partial charge in [0.2, 0.25) is 5.91 Å². The van der Waals surface area contributed by atoms with E-state index < -0.39 is 0 Å². The minimum Gasteiger partial charge on any atom is -0.326 e. The van der Waals surface area contributed by atoms with E-state index in [-0.39, 0.29) is 24.2 Å². The SMILES string of the molecule is CCN(CC(=O)Nc1c(C#N)c(C)c(C)n1Cc1ccc(F)cc1)CC(C)C#N. The first-order valence-corrected chi connectivity index (χ1v) is 9.56. The lowest BCUT2D eigenvalue weighted by atomic mass is 10.2. The van der Waals surface area contributed by atoms with Crippen molar-refractivity contribution in [3.63, 3.8) is 0 Å². The van der Waals surface area contributed by atoms with Gasteiger partial charge in [-0.2, -0.15) is 10.5 Å². The second-order valence-corrected chi connectivity index (χ2v) is 7.16. The molecule has 0 spiro atoms. The van der Waals surface area contributed by atoms with Crippen LogP contribution in [0.15, 0.2) is 24.3 Å². The normalized spacial score (nSPS) is 11.7. The lowest BCUT2D eigenvalue weighted by Crippen LogP contribution is -2.36. The van der Waals surface area contributed by atoms with Gasteiger partial charge in [-0.25, -0.2) is 4.39 Å². The molecule has 1 aromatic heterocycles. The number of likely N-dealkylation sites (N-methyl/N-ethyl adjacent to an activating group) is 1. The molecule has 152 valence electrons. The Bertz CT molecular complexity index is 950. The summed E-state index contributed by atoms with van der Waals surface area (Å²) in [5.41, 5.74) is 2.95. The Labute approximate surface area is 171 Å². The average Bonchev–Trinajstić information content (AvgIpc) is 2.92. The summed E-state index contributed by atoms with van der Waals surface area (Å²) in [6, 6.07) is 10.5. The number of carbonyl (C=O) groups is 1. The van der Waals surface area contributed by atoms with E-state index in [1.165, 1.54) is 12.1 Å². The fraction of sp³-hybridized carbons (Fsp3) is 0.409. The maximum absolute atomic E-state index is 13.2. The zero-order valence-electron chi connectivity index (χ0n) is 17.3. The molecule has 0 radical (unpaired) electrons. The van der Waals surface area contributed by atoms with Crippen molar-refractivity contribution < 1.29 is 9.18 Å². The van der Waals surface area contributed by atoms with Crippen molar-refractivity contribution in [3.05, 3.63) is 52.5 Å². The summed E-state index contributed by atoms with van der Waals surface area (Å²) in [5.74, 6) is -0.288. The Morgan fingerprint density at radius 2 is 1.93 bits per heavy atom. The van der Waals surface area contributed by atoms with Gasteiger partial charge >= 0.3 is 0 Å². The van der Waals surface area contributed by atoms with Gasteiger partial charge < -0.3 is 9.88 Å². The minimum absolute atomic E-state index is 0.132. The van der Waals surface area contributed by atoms with Gasteiger partial charge in [0.25, 0.3) is 0 Å². The lowest BCUT2D eigenvalue weighted by Gasteiger charge is -2.21. The van der Waals surface area contributed by atoms with Crippen molar-refractivity contribution >= 4 is 11.7 Å². The van der Waals surface area contributed by atoms with Crippen LogP contribution in [0.3, 0.4) is 0 Å². The number of benzene rings is 1. The van der Waals surface area contributed by atoms with Crippen LogP contribution in [0.4, 0.5) is 10.2 Å². The Hall–Kier alpha value is -3.16. The first-order valence-electron chi connectivity index (χ1n) is 9.56. The smallest absolute Gasteiger partial charge is 0.239 e. The van der Waals surface area contributed by atoms with Crippen molar-refractivity contribution in [3.8, 4) is 12.1 Å². The van der Waals surface area contributed by atoms with Gasteiger partial charge in [0.15, 0.2) is 0 Å². The second-order valence-electron chi connectivity index (χ2n) is 7.16. The molecule has 0 bridgehead atoms. The highest BCUT2D eigenvalue weighted by molar-refractivity contribution is 5.93. The Balaban J connectivity index is 2.27. The van der Waals surface area contributed by atoms with E-state index in [4.69, 9.17) is 5.26 Å². The highest BCUT2D eigenvalue weighted by Crippen LogP contribution is 2.27. The van der Waals surface area contributed by atoms with Crippen molar-refractivity contribution in [1.82, 2.24) is 9.47 Å². The summed E-state index contributed by atoms with van der Waals surface area (Å²) in [6.07, 6.45) is 0. The zero-order valence-corrected chi connectivity index (χ0v) is 17.3. The van der Waals surface area contributed by atoms with Gasteiger partial charge in [-0.3, -0.25) is 9.69 Å². The largest absolute Gasteiger partial charge is 0.326 e. The molecule has 0 fully saturated rings. The van der Waals surface area contributed by atoms with Crippen LogP contribution in [0.25, 0.3) is 0 Å². The first kappa shape index (κ1) is 22.1. The number of nitrogens with zero attached hydrogens (tertiary/aromatic N) is 4. The molecule has 0 saturated heterocycles. The number of halogens is 1. The number of carbonyl (C=O) groups excluding carboxylic acids is 1. The third-order valence-electron chi connectivity index (χ3n) is 5.02. The topological polar surface area (TPSA) is 84.8 Å². The number of hydrogen-bond acceptors (Lipinski definition) is 4. The van der Waals surface area contributed by atoms with Gasteiger partial charge in [-0.1, -0.05) is 19.1 Å². The number of aromatic nitrogens is 1. The summed E-state index contributed by atoms with van der Waals surface area (Å²) in [7, 11) is 0. The molecule has 1 amide bonds. The van der Waals surface area contributed by atoms with Crippen LogP contribution in [0.2, 0.25) is 0 Å². The molecule has 1 aromatic carbocycles. The number of amides is 1. The number of hydrogen-bond donors (Lipinski definition) is 1. The summed E-state index contributed by atoms with van der Waals surface area (Å²) in [4.78, 5) is 14.6. The molecular weight excluding hydrogens is 369 g/mol. The van der Waals surface area contributed by atoms with Gasteiger partial charge in [0.1, 0.15) is 17.7 Å². The molecular formula is C22H26FN5O. The third kappa shape index (κ3) is 5.43. The van der Waals surface area contributed by atoms with Crippen LogP contribution in [0.5, 0.6) is 0 Å². The molecule has 0 saturated carbocycles. The fourth-order valence-corrected chi connectivity index (χ4v) is 3.21. The van der Waals surface area contributed by atoms with Crippen LogP contribution >= 0.6 is 0 Å². The summed E-state index contributed by atoms with van der Waals surface area (Å²) < 4.78 is 15.1. The Morgan fingerprint density at radius 1 is 1.28 bits per heavy atom. The maximum atomic E-state index is 13.2. The van der Waals surface area contributed by atoms with Crippen molar-refractivity contribution in [2.45, 2.75) is 34.2 Å². The van der Waals surface area contributed by atoms with E-state index in [9.17, 15) is 14.4 Å². The number of nitriles is 2. The zero-order chi connectivity index (χ0) is 21.6. The second kappa shape index (κ2) is 9.86. The average molecular weight is 395 g/mol. The van der Waals surface area contributed by atoms with Crippen molar-refractivity contribution in [2.24, 2.45) is 5.92 Å². The molecule has 2 aromatic rings. The molecule has 29 heavy (non-hydrogen) atoms. The molecule has 1 heterocycles. The highest BCUT2D eigenvalue weighted by Gasteiger charge is 2.21. The molecule has 2 rings (SSSR count). The number of nitrogens with one attached hydrogen (secondary N) is 1. The molecule has 1 atom stereocenters. The van der Waals surface area contributed by atoms with Crippen molar-refractivity contribution in [2.75, 3.05) is 25.0 Å². The first-order chi connectivity index (χ1) is 13.8. The van der Waals surface area contributed by atoms with E-state index in [0.717, 1.165) is 16.8 Å². The van der Waals surface area contributed by atoms with Gasteiger partial charge in [0.05, 0.1) is 24.1 Å². The summed E-state index contributed by atoms with van der Waals surface area (Å²) >= 11 is 0. The monoisotopic (exact) mass is 395 g/mol. The van der Waals surface area contributed by atoms with Crippen LogP contribution in [-0.2, 0) is 11.3 Å². The quantitative estimate of drug-likeness (QED) is 0.740. The van der Waals surface area contributed by atoms with E-state index in [0.29, 0.717) is 31.0 Å². The van der Waals surface area contributed by atoms with E-state index in [1.807, 2.05) is 37.2 Å². The van der Waals surface area contributed by atoms with Crippen LogP contribution in [-0.4, -0.2) is 35.0 Å². The number of rotatable bonds is 8. The molecule has 6 nitrogen and oxygen atoms in total. The molecule has 0 aliphatic carbocycles.